The van der Waals surface area contributed by atoms with Gasteiger partial charge in [-0.25, -0.2) is 0 Å². The third-order valence-corrected chi connectivity index (χ3v) is 3.70. The molecule has 0 aromatic heterocycles. The Balaban J connectivity index is 2.32. The lowest BCUT2D eigenvalue weighted by Crippen LogP contribution is -2.26. The number of rotatable bonds is 0. The first-order chi connectivity index (χ1) is 7.01. The second-order valence-electron chi connectivity index (χ2n) is 4.95. The lowest BCUT2D eigenvalue weighted by Gasteiger charge is -2.23. The fraction of sp³-hybridized carbons (Fsp3) is 0.385. The molecular formula is C13H12O2. The molecule has 2 aliphatic carbocycles. The predicted octanol–water partition coefficient (Wildman–Crippen LogP) is 1.83. The molecule has 0 radical (unpaired) electrons. The van der Waals surface area contributed by atoms with Crippen LogP contribution in [0.4, 0.5) is 0 Å². The average Bonchev–Trinajstić information content (AvgIpc) is 2.31. The van der Waals surface area contributed by atoms with Gasteiger partial charge in [0.15, 0.2) is 0 Å². The molecular weight excluding hydrogens is 188 g/mol. The second-order valence-corrected chi connectivity index (χ2v) is 4.95. The molecule has 0 amide bonds. The standard InChI is InChI=1S/C13H12O2/c1-13(2)10-6-8-4-3-7(8)5-9(10)11(14)12(13)15/h5-6H,3-4H2,1-2H3. The highest BCUT2D eigenvalue weighted by molar-refractivity contribution is 6.50. The summed E-state index contributed by atoms with van der Waals surface area (Å²) in [6, 6.07) is 3.97. The number of Topliss-reactive ketones (excluding diaryl/α,β-unsaturated/α-hetero) is 2. The Kier molecular flexibility index (Phi) is 1.40. The molecule has 2 nitrogen and oxygen atoms in total. The Morgan fingerprint density at radius 2 is 1.67 bits per heavy atom. The van der Waals surface area contributed by atoms with Gasteiger partial charge in [0.1, 0.15) is 0 Å². The Hall–Kier alpha value is -1.44. The van der Waals surface area contributed by atoms with Gasteiger partial charge in [0.25, 0.3) is 0 Å². The first-order valence-electron chi connectivity index (χ1n) is 5.27. The molecule has 1 aromatic rings. The van der Waals surface area contributed by atoms with E-state index in [4.69, 9.17) is 0 Å². The predicted molar refractivity (Wildman–Crippen MR) is 56.2 cm³/mol. The SMILES string of the molecule is CC1(C)C(=O)C(=O)c2cc3c(cc21)CC3. The van der Waals surface area contributed by atoms with Crippen LogP contribution in [0.25, 0.3) is 0 Å². The van der Waals surface area contributed by atoms with E-state index in [1.807, 2.05) is 19.9 Å². The summed E-state index contributed by atoms with van der Waals surface area (Å²) in [6.45, 7) is 3.67. The van der Waals surface area contributed by atoms with Crippen molar-refractivity contribution in [3.8, 4) is 0 Å². The van der Waals surface area contributed by atoms with Gasteiger partial charge in [-0.3, -0.25) is 9.59 Å². The van der Waals surface area contributed by atoms with Gasteiger partial charge in [-0.15, -0.1) is 0 Å². The summed E-state index contributed by atoms with van der Waals surface area (Å²) in [5.74, 6) is -0.563. The monoisotopic (exact) mass is 200 g/mol. The van der Waals surface area contributed by atoms with Gasteiger partial charge >= 0.3 is 0 Å². The van der Waals surface area contributed by atoms with Gasteiger partial charge in [-0.2, -0.15) is 0 Å². The van der Waals surface area contributed by atoms with Crippen LogP contribution in [-0.4, -0.2) is 11.6 Å². The number of hydrogen-bond donors (Lipinski definition) is 0. The number of carbonyl (C=O) groups is 2. The molecule has 2 heteroatoms. The number of carbonyl (C=O) groups excluding carboxylic acids is 2. The van der Waals surface area contributed by atoms with Crippen molar-refractivity contribution in [3.05, 3.63) is 34.4 Å². The van der Waals surface area contributed by atoms with E-state index in [0.717, 1.165) is 18.4 Å². The number of aryl methyl sites for hydroxylation is 2. The Morgan fingerprint density at radius 1 is 1.07 bits per heavy atom. The van der Waals surface area contributed by atoms with E-state index in [9.17, 15) is 9.59 Å². The zero-order valence-electron chi connectivity index (χ0n) is 8.89. The summed E-state index contributed by atoms with van der Waals surface area (Å²) in [7, 11) is 0. The van der Waals surface area contributed by atoms with Gasteiger partial charge in [0.05, 0.1) is 5.41 Å². The maximum atomic E-state index is 11.8. The molecule has 0 fully saturated rings. The fourth-order valence-corrected chi connectivity index (χ4v) is 2.48. The summed E-state index contributed by atoms with van der Waals surface area (Å²) < 4.78 is 0. The third kappa shape index (κ3) is 0.895. The molecule has 0 saturated heterocycles. The van der Waals surface area contributed by atoms with E-state index in [2.05, 4.69) is 6.07 Å². The quantitative estimate of drug-likeness (QED) is 0.599. The van der Waals surface area contributed by atoms with E-state index in [1.54, 1.807) is 0 Å². The molecule has 0 N–H and O–H groups in total. The lowest BCUT2D eigenvalue weighted by atomic mass is 9.80. The zero-order valence-corrected chi connectivity index (χ0v) is 8.89. The maximum absolute atomic E-state index is 11.8. The smallest absolute Gasteiger partial charge is 0.229 e. The van der Waals surface area contributed by atoms with E-state index in [-0.39, 0.29) is 11.6 Å². The van der Waals surface area contributed by atoms with Crippen molar-refractivity contribution < 1.29 is 9.59 Å². The highest BCUT2D eigenvalue weighted by atomic mass is 16.2. The van der Waals surface area contributed by atoms with Crippen LogP contribution >= 0.6 is 0 Å². The van der Waals surface area contributed by atoms with Crippen LogP contribution in [-0.2, 0) is 23.1 Å². The van der Waals surface area contributed by atoms with E-state index < -0.39 is 5.41 Å². The van der Waals surface area contributed by atoms with E-state index in [0.29, 0.717) is 5.56 Å². The van der Waals surface area contributed by atoms with Crippen LogP contribution in [0.15, 0.2) is 12.1 Å². The van der Waals surface area contributed by atoms with Crippen molar-refractivity contribution >= 4 is 11.6 Å². The molecule has 3 rings (SSSR count). The summed E-state index contributed by atoms with van der Waals surface area (Å²) >= 11 is 0. The van der Waals surface area contributed by atoms with Crippen molar-refractivity contribution in [2.45, 2.75) is 32.1 Å². The largest absolute Gasteiger partial charge is 0.289 e. The molecule has 0 bridgehead atoms. The Labute approximate surface area is 88.3 Å². The summed E-state index contributed by atoms with van der Waals surface area (Å²) in [4.78, 5) is 23.5. The maximum Gasteiger partial charge on any atom is 0.229 e. The minimum Gasteiger partial charge on any atom is -0.289 e. The number of fused-ring (bicyclic) bond motifs is 2. The van der Waals surface area contributed by atoms with Gasteiger partial charge in [0.2, 0.25) is 11.6 Å². The van der Waals surface area contributed by atoms with Crippen LogP contribution in [0.5, 0.6) is 0 Å². The first kappa shape index (κ1) is 8.84. The molecule has 15 heavy (non-hydrogen) atoms. The Bertz CT molecular complexity index is 510. The minimum atomic E-state index is -0.614. The third-order valence-electron chi connectivity index (χ3n) is 3.70. The number of ketones is 2. The van der Waals surface area contributed by atoms with Gasteiger partial charge < -0.3 is 0 Å². The topological polar surface area (TPSA) is 34.1 Å². The Morgan fingerprint density at radius 3 is 2.27 bits per heavy atom. The molecule has 0 saturated carbocycles. The van der Waals surface area contributed by atoms with Crippen molar-refractivity contribution in [1.82, 2.24) is 0 Å². The number of hydrogen-bond acceptors (Lipinski definition) is 2. The molecule has 0 aliphatic heterocycles. The lowest BCUT2D eigenvalue weighted by molar-refractivity contribution is -0.118. The van der Waals surface area contributed by atoms with Crippen LogP contribution in [0.2, 0.25) is 0 Å². The molecule has 0 atom stereocenters. The van der Waals surface area contributed by atoms with Gasteiger partial charge in [-0.05, 0) is 49.4 Å². The van der Waals surface area contributed by atoms with Crippen LogP contribution in [0.1, 0.15) is 40.9 Å². The highest BCUT2D eigenvalue weighted by Gasteiger charge is 2.45. The van der Waals surface area contributed by atoms with Crippen molar-refractivity contribution in [2.75, 3.05) is 0 Å². The molecule has 0 unspecified atom stereocenters. The van der Waals surface area contributed by atoms with Crippen molar-refractivity contribution in [2.24, 2.45) is 0 Å². The molecule has 76 valence electrons. The summed E-state index contributed by atoms with van der Waals surface area (Å²) in [6.07, 6.45) is 2.13. The molecule has 1 aromatic carbocycles. The van der Waals surface area contributed by atoms with Gasteiger partial charge in [-0.1, -0.05) is 6.07 Å². The second kappa shape index (κ2) is 2.38. The highest BCUT2D eigenvalue weighted by Crippen LogP contribution is 2.39. The zero-order chi connectivity index (χ0) is 10.8. The number of benzene rings is 1. The summed E-state index contributed by atoms with van der Waals surface area (Å²) in [5.41, 5.74) is 3.51. The first-order valence-corrected chi connectivity index (χ1v) is 5.27. The van der Waals surface area contributed by atoms with Crippen molar-refractivity contribution in [1.29, 1.82) is 0 Å². The van der Waals surface area contributed by atoms with Crippen LogP contribution < -0.4 is 0 Å². The van der Waals surface area contributed by atoms with E-state index >= 15 is 0 Å². The molecule has 0 heterocycles. The van der Waals surface area contributed by atoms with Crippen LogP contribution in [0.3, 0.4) is 0 Å². The summed E-state index contributed by atoms with van der Waals surface area (Å²) in [5, 5.41) is 0. The van der Waals surface area contributed by atoms with Gasteiger partial charge in [0, 0.05) is 5.56 Å². The average molecular weight is 200 g/mol. The van der Waals surface area contributed by atoms with Crippen molar-refractivity contribution in [3.63, 3.8) is 0 Å². The van der Waals surface area contributed by atoms with E-state index in [1.165, 1.54) is 11.1 Å². The normalized spacial score (nSPS) is 20.9. The molecule has 0 spiro atoms. The molecule has 2 aliphatic rings. The minimum absolute atomic E-state index is 0.262. The van der Waals surface area contributed by atoms with Crippen LogP contribution in [0, 0.1) is 0 Å². The fourth-order valence-electron chi connectivity index (χ4n) is 2.48.